The lowest BCUT2D eigenvalue weighted by Crippen LogP contribution is -2.30. The van der Waals surface area contributed by atoms with E-state index in [0.717, 1.165) is 40.8 Å². The Bertz CT molecular complexity index is 631. The smallest absolute Gasteiger partial charge is 0.311 e. The van der Waals surface area contributed by atoms with Crippen LogP contribution in [0.1, 0.15) is 62.3 Å². The Labute approximate surface area is 145 Å². The molecule has 1 heterocycles. The fourth-order valence-corrected chi connectivity index (χ4v) is 3.20. The van der Waals surface area contributed by atoms with E-state index in [1.807, 2.05) is 41.5 Å². The van der Waals surface area contributed by atoms with Gasteiger partial charge in [0.05, 0.1) is 18.1 Å². The molecule has 0 spiro atoms. The van der Waals surface area contributed by atoms with Crippen LogP contribution in [0.2, 0.25) is 0 Å². The van der Waals surface area contributed by atoms with E-state index in [9.17, 15) is 9.90 Å². The summed E-state index contributed by atoms with van der Waals surface area (Å²) in [4.78, 5) is 12.3. The molecule has 1 atom stereocenters. The van der Waals surface area contributed by atoms with Gasteiger partial charge in [0, 0.05) is 5.56 Å². The number of hydrogen-bond acceptors (Lipinski definition) is 4. The number of ether oxygens (including phenoxy) is 2. The van der Waals surface area contributed by atoms with Crippen molar-refractivity contribution < 1.29 is 19.4 Å². The lowest BCUT2D eigenvalue weighted by atomic mass is 9.87. The van der Waals surface area contributed by atoms with Crippen LogP contribution in [0.4, 0.5) is 0 Å². The highest BCUT2D eigenvalue weighted by Gasteiger charge is 2.31. The first-order chi connectivity index (χ1) is 11.1. The van der Waals surface area contributed by atoms with Crippen LogP contribution in [0.3, 0.4) is 0 Å². The Hall–Kier alpha value is -1.71. The third-order valence-electron chi connectivity index (χ3n) is 5.19. The maximum absolute atomic E-state index is 12.3. The second kappa shape index (κ2) is 7.04. The van der Waals surface area contributed by atoms with Gasteiger partial charge >= 0.3 is 5.97 Å². The minimum absolute atomic E-state index is 0.143. The fraction of sp³-hybridized carbons (Fsp3) is 0.650. The molecular weight excluding hydrogens is 304 g/mol. The fourth-order valence-electron chi connectivity index (χ4n) is 3.20. The summed E-state index contributed by atoms with van der Waals surface area (Å²) >= 11 is 0. The molecule has 1 aromatic rings. The molecule has 0 fully saturated rings. The van der Waals surface area contributed by atoms with Crippen LogP contribution in [0, 0.1) is 26.2 Å². The number of carbonyl (C=O) groups is 1. The van der Waals surface area contributed by atoms with Crippen molar-refractivity contribution in [3.8, 4) is 11.5 Å². The molecule has 1 aliphatic rings. The van der Waals surface area contributed by atoms with Crippen molar-refractivity contribution in [1.82, 2.24) is 0 Å². The summed E-state index contributed by atoms with van der Waals surface area (Å²) in [6.45, 7) is 12.2. The number of fused-ring (bicyclic) bond motifs is 1. The zero-order chi connectivity index (χ0) is 18.1. The molecule has 0 amide bonds. The van der Waals surface area contributed by atoms with Gasteiger partial charge in [-0.15, -0.1) is 0 Å². The van der Waals surface area contributed by atoms with Crippen LogP contribution >= 0.6 is 0 Å². The van der Waals surface area contributed by atoms with E-state index in [4.69, 9.17) is 9.47 Å². The maximum Gasteiger partial charge on any atom is 0.311 e. The summed E-state index contributed by atoms with van der Waals surface area (Å²) in [6, 6.07) is 0. The van der Waals surface area contributed by atoms with Crippen molar-refractivity contribution >= 4 is 5.97 Å². The van der Waals surface area contributed by atoms with Gasteiger partial charge in [-0.25, -0.2) is 0 Å². The summed E-state index contributed by atoms with van der Waals surface area (Å²) < 4.78 is 11.7. The number of hydrogen-bond donors (Lipinski definition) is 1. The molecule has 4 heteroatoms. The minimum atomic E-state index is -0.491. The van der Waals surface area contributed by atoms with E-state index in [1.54, 1.807) is 0 Å². The van der Waals surface area contributed by atoms with Crippen LogP contribution in [-0.2, 0) is 16.0 Å². The minimum Gasteiger partial charge on any atom is -0.507 e. The highest BCUT2D eigenvalue weighted by atomic mass is 16.5. The van der Waals surface area contributed by atoms with Crippen molar-refractivity contribution in [2.75, 3.05) is 6.61 Å². The quantitative estimate of drug-likeness (QED) is 0.715. The molecule has 1 aliphatic heterocycles. The van der Waals surface area contributed by atoms with Gasteiger partial charge in [-0.1, -0.05) is 0 Å². The van der Waals surface area contributed by atoms with E-state index >= 15 is 0 Å². The van der Waals surface area contributed by atoms with Gasteiger partial charge < -0.3 is 14.6 Å². The average molecular weight is 334 g/mol. The van der Waals surface area contributed by atoms with Gasteiger partial charge in [-0.05, 0) is 83.9 Å². The van der Waals surface area contributed by atoms with Crippen molar-refractivity contribution in [3.63, 3.8) is 0 Å². The number of esters is 1. The van der Waals surface area contributed by atoms with E-state index < -0.39 is 5.41 Å². The number of benzene rings is 1. The normalized spacial score (nSPS) is 21.8. The second-order valence-corrected chi connectivity index (χ2v) is 7.62. The lowest BCUT2D eigenvalue weighted by molar-refractivity contribution is -0.159. The Balaban J connectivity index is 2.39. The molecule has 1 N–H and O–H groups in total. The van der Waals surface area contributed by atoms with Gasteiger partial charge in [-0.2, -0.15) is 0 Å². The standard InChI is InChI=1S/C20H30O4/c1-12-8-9-16-15(4)17(21)13(2)14(3)18(16)23-11-7-10-20(5,6)19(22)24-12/h12,21H,7-11H2,1-6H3. The molecule has 4 nitrogen and oxygen atoms in total. The van der Waals surface area contributed by atoms with Gasteiger partial charge in [0.25, 0.3) is 0 Å². The highest BCUT2D eigenvalue weighted by Crippen LogP contribution is 2.38. The molecule has 0 aliphatic carbocycles. The Morgan fingerprint density at radius 3 is 2.46 bits per heavy atom. The van der Waals surface area contributed by atoms with Gasteiger partial charge in [0.15, 0.2) is 0 Å². The zero-order valence-corrected chi connectivity index (χ0v) is 15.8. The van der Waals surface area contributed by atoms with Crippen molar-refractivity contribution in [3.05, 3.63) is 22.3 Å². The highest BCUT2D eigenvalue weighted by molar-refractivity contribution is 5.76. The molecule has 0 saturated heterocycles. The maximum atomic E-state index is 12.3. The van der Waals surface area contributed by atoms with E-state index in [2.05, 4.69) is 0 Å². The zero-order valence-electron chi connectivity index (χ0n) is 15.8. The van der Waals surface area contributed by atoms with Gasteiger partial charge in [-0.3, -0.25) is 4.79 Å². The molecule has 0 saturated carbocycles. The van der Waals surface area contributed by atoms with E-state index in [1.165, 1.54) is 0 Å². The van der Waals surface area contributed by atoms with Crippen LogP contribution in [0.15, 0.2) is 0 Å². The first-order valence-electron chi connectivity index (χ1n) is 8.80. The number of phenols is 1. The largest absolute Gasteiger partial charge is 0.507 e. The van der Waals surface area contributed by atoms with Crippen LogP contribution in [0.25, 0.3) is 0 Å². The molecule has 134 valence electrons. The Morgan fingerprint density at radius 2 is 1.79 bits per heavy atom. The number of cyclic esters (lactones) is 1. The van der Waals surface area contributed by atoms with E-state index in [-0.39, 0.29) is 12.1 Å². The van der Waals surface area contributed by atoms with Crippen molar-refractivity contribution in [2.24, 2.45) is 5.41 Å². The van der Waals surface area contributed by atoms with Crippen molar-refractivity contribution in [1.29, 1.82) is 0 Å². The second-order valence-electron chi connectivity index (χ2n) is 7.62. The summed E-state index contributed by atoms with van der Waals surface area (Å²) in [5.41, 5.74) is 3.27. The van der Waals surface area contributed by atoms with Crippen LogP contribution in [-0.4, -0.2) is 23.8 Å². The molecule has 1 unspecified atom stereocenters. The van der Waals surface area contributed by atoms with E-state index in [0.29, 0.717) is 25.2 Å². The van der Waals surface area contributed by atoms with Gasteiger partial charge in [0.2, 0.25) is 0 Å². The predicted octanol–water partition coefficient (Wildman–Crippen LogP) is 4.38. The molecule has 0 radical (unpaired) electrons. The summed E-state index contributed by atoms with van der Waals surface area (Å²) in [7, 11) is 0. The monoisotopic (exact) mass is 334 g/mol. The molecule has 2 rings (SSSR count). The number of carbonyl (C=O) groups excluding carboxylic acids is 1. The predicted molar refractivity (Wildman–Crippen MR) is 94.7 cm³/mol. The molecule has 24 heavy (non-hydrogen) atoms. The first kappa shape index (κ1) is 18.6. The summed E-state index contributed by atoms with van der Waals surface area (Å²) in [5, 5.41) is 10.4. The molecule has 1 aromatic carbocycles. The first-order valence-corrected chi connectivity index (χ1v) is 8.80. The van der Waals surface area contributed by atoms with Crippen LogP contribution in [0.5, 0.6) is 11.5 Å². The Morgan fingerprint density at radius 1 is 1.12 bits per heavy atom. The number of aromatic hydroxyl groups is 1. The SMILES string of the molecule is Cc1c(C)c2c(c(C)c1O)CCC(C)OC(=O)C(C)(C)CCCO2. The summed E-state index contributed by atoms with van der Waals surface area (Å²) in [5.74, 6) is 1.09. The van der Waals surface area contributed by atoms with Crippen LogP contribution < -0.4 is 4.74 Å². The molecular formula is C20H30O4. The number of rotatable bonds is 0. The average Bonchev–Trinajstić information content (AvgIpc) is 2.52. The third-order valence-corrected chi connectivity index (χ3v) is 5.19. The summed E-state index contributed by atoms with van der Waals surface area (Å²) in [6.07, 6.45) is 2.77. The molecule has 0 bridgehead atoms. The number of phenolic OH excluding ortho intramolecular Hbond substituents is 1. The topological polar surface area (TPSA) is 55.8 Å². The lowest BCUT2D eigenvalue weighted by Gasteiger charge is -2.27. The Kier molecular flexibility index (Phi) is 5.46. The van der Waals surface area contributed by atoms with Crippen molar-refractivity contribution in [2.45, 2.75) is 73.3 Å². The third kappa shape index (κ3) is 3.68. The van der Waals surface area contributed by atoms with Gasteiger partial charge in [0.1, 0.15) is 11.5 Å². The molecule has 0 aromatic heterocycles.